The molecule has 2 heterocycles. The molecule has 20 heavy (non-hydrogen) atoms. The summed E-state index contributed by atoms with van der Waals surface area (Å²) < 4.78 is 10.9. The number of hydrogen-bond donors (Lipinski definition) is 2. The van der Waals surface area contributed by atoms with Crippen LogP contribution in [-0.2, 0) is 9.47 Å². The molecule has 1 aromatic heterocycles. The summed E-state index contributed by atoms with van der Waals surface area (Å²) in [5, 5.41) is 13.6. The predicted molar refractivity (Wildman–Crippen MR) is 71.4 cm³/mol. The number of rotatable bonds is 6. The van der Waals surface area contributed by atoms with E-state index in [2.05, 4.69) is 15.3 Å². The molecular weight excluding hydrogens is 266 g/mol. The number of aromatic nitrogens is 2. The number of hydrogen-bond acceptors (Lipinski definition) is 8. The van der Waals surface area contributed by atoms with E-state index in [1.807, 2.05) is 6.92 Å². The molecule has 9 heteroatoms. The number of nitrogens with zero attached hydrogens (tertiary/aromatic N) is 3. The van der Waals surface area contributed by atoms with E-state index in [4.69, 9.17) is 15.2 Å². The van der Waals surface area contributed by atoms with Crippen molar-refractivity contribution in [1.29, 1.82) is 0 Å². The van der Waals surface area contributed by atoms with Gasteiger partial charge in [0.05, 0.1) is 24.2 Å². The van der Waals surface area contributed by atoms with Gasteiger partial charge in [0.15, 0.2) is 0 Å². The Kier molecular flexibility index (Phi) is 4.64. The minimum absolute atomic E-state index is 0.0449. The van der Waals surface area contributed by atoms with Crippen LogP contribution in [-0.4, -0.2) is 46.9 Å². The lowest BCUT2D eigenvalue weighted by Crippen LogP contribution is -2.26. The first-order chi connectivity index (χ1) is 9.56. The highest BCUT2D eigenvalue weighted by atomic mass is 16.6. The number of nitro groups is 1. The number of ether oxygens (including phenoxy) is 2. The maximum atomic E-state index is 10.6. The van der Waals surface area contributed by atoms with Crippen molar-refractivity contribution >= 4 is 17.5 Å². The lowest BCUT2D eigenvalue weighted by Gasteiger charge is -2.16. The van der Waals surface area contributed by atoms with Crippen molar-refractivity contribution in [3.63, 3.8) is 0 Å². The molecular formula is C11H17N5O4. The van der Waals surface area contributed by atoms with E-state index in [-0.39, 0.29) is 29.6 Å². The lowest BCUT2D eigenvalue weighted by molar-refractivity contribution is -0.384. The molecule has 2 rings (SSSR count). The number of nitrogens with two attached hydrogens (primary N) is 1. The fourth-order valence-corrected chi connectivity index (χ4v) is 1.79. The molecule has 1 aliphatic heterocycles. The molecule has 1 aliphatic rings. The van der Waals surface area contributed by atoms with Gasteiger partial charge in [-0.3, -0.25) is 10.1 Å². The molecule has 0 aromatic carbocycles. The van der Waals surface area contributed by atoms with Gasteiger partial charge in [0.2, 0.25) is 11.8 Å². The third-order valence-corrected chi connectivity index (χ3v) is 2.84. The average Bonchev–Trinajstić information content (AvgIpc) is 2.89. The van der Waals surface area contributed by atoms with Gasteiger partial charge in [-0.05, 0) is 13.3 Å². The van der Waals surface area contributed by atoms with Crippen LogP contribution in [0.1, 0.15) is 13.3 Å². The number of anilines is 2. The van der Waals surface area contributed by atoms with Gasteiger partial charge >= 0.3 is 5.69 Å². The van der Waals surface area contributed by atoms with Crippen molar-refractivity contribution < 1.29 is 14.4 Å². The third-order valence-electron chi connectivity index (χ3n) is 2.84. The van der Waals surface area contributed by atoms with E-state index in [1.54, 1.807) is 0 Å². The van der Waals surface area contributed by atoms with Gasteiger partial charge < -0.3 is 20.5 Å². The van der Waals surface area contributed by atoms with Crippen molar-refractivity contribution in [2.45, 2.75) is 25.5 Å². The summed E-state index contributed by atoms with van der Waals surface area (Å²) in [6.45, 7) is 3.72. The molecule has 1 fully saturated rings. The van der Waals surface area contributed by atoms with Gasteiger partial charge in [0, 0.05) is 12.6 Å². The molecule has 0 spiro atoms. The van der Waals surface area contributed by atoms with Crippen LogP contribution in [0.5, 0.6) is 0 Å². The van der Waals surface area contributed by atoms with Gasteiger partial charge in [0.25, 0.3) is 0 Å². The van der Waals surface area contributed by atoms with Crippen molar-refractivity contribution in [2.24, 2.45) is 0 Å². The predicted octanol–water partition coefficient (Wildman–Crippen LogP) is 0.573. The maximum absolute atomic E-state index is 10.6. The summed E-state index contributed by atoms with van der Waals surface area (Å²) in [6, 6.07) is -0.0449. The second-order valence-corrected chi connectivity index (χ2v) is 4.59. The van der Waals surface area contributed by atoms with E-state index in [0.29, 0.717) is 13.2 Å². The molecule has 0 radical (unpaired) electrons. The molecule has 0 amide bonds. The molecule has 1 saturated heterocycles. The first-order valence-corrected chi connectivity index (χ1v) is 6.29. The third kappa shape index (κ3) is 3.75. The summed E-state index contributed by atoms with van der Waals surface area (Å²) in [6.07, 6.45) is 2.11. The minimum atomic E-state index is -0.619. The Hall–Kier alpha value is -2.00. The zero-order valence-electron chi connectivity index (χ0n) is 11.1. The van der Waals surface area contributed by atoms with Gasteiger partial charge in [-0.15, -0.1) is 0 Å². The van der Waals surface area contributed by atoms with Gasteiger partial charge in [-0.1, -0.05) is 0 Å². The zero-order valence-corrected chi connectivity index (χ0v) is 11.1. The van der Waals surface area contributed by atoms with Crippen LogP contribution in [0.4, 0.5) is 17.5 Å². The molecule has 0 saturated carbocycles. The molecule has 3 N–H and O–H groups in total. The van der Waals surface area contributed by atoms with Crippen molar-refractivity contribution in [3.8, 4) is 0 Å². The topological polar surface area (TPSA) is 125 Å². The minimum Gasteiger partial charge on any atom is -0.379 e. The van der Waals surface area contributed by atoms with Gasteiger partial charge in [-0.25, -0.2) is 4.98 Å². The van der Waals surface area contributed by atoms with Crippen LogP contribution in [0.25, 0.3) is 0 Å². The Morgan fingerprint density at radius 3 is 3.15 bits per heavy atom. The standard InChI is InChI=1S/C11H17N5O4/c1-7(5-20-8-2-3-19-6-8)14-11-13-4-9(16(17)18)10(12)15-11/h4,7-8H,2-3,5-6H2,1H3,(H3,12,13,14,15). The first kappa shape index (κ1) is 14.4. The second kappa shape index (κ2) is 6.44. The van der Waals surface area contributed by atoms with E-state index >= 15 is 0 Å². The highest BCUT2D eigenvalue weighted by molar-refractivity contribution is 5.53. The fourth-order valence-electron chi connectivity index (χ4n) is 1.79. The summed E-state index contributed by atoms with van der Waals surface area (Å²) >= 11 is 0. The molecule has 2 atom stereocenters. The summed E-state index contributed by atoms with van der Waals surface area (Å²) in [4.78, 5) is 17.7. The van der Waals surface area contributed by atoms with E-state index in [1.165, 1.54) is 0 Å². The molecule has 9 nitrogen and oxygen atoms in total. The Bertz CT molecular complexity index is 478. The summed E-state index contributed by atoms with van der Waals surface area (Å²) in [5.74, 6) is 0.0803. The van der Waals surface area contributed by atoms with Crippen molar-refractivity contribution in [3.05, 3.63) is 16.3 Å². The number of nitrogen functional groups attached to an aromatic ring is 1. The van der Waals surface area contributed by atoms with E-state index in [9.17, 15) is 10.1 Å². The smallest absolute Gasteiger partial charge is 0.329 e. The quantitative estimate of drug-likeness (QED) is 0.573. The first-order valence-electron chi connectivity index (χ1n) is 6.29. The Balaban J connectivity index is 1.85. The highest BCUT2D eigenvalue weighted by Gasteiger charge is 2.18. The van der Waals surface area contributed by atoms with Crippen LogP contribution in [0.15, 0.2) is 6.20 Å². The van der Waals surface area contributed by atoms with Crippen LogP contribution in [0.3, 0.4) is 0 Å². The van der Waals surface area contributed by atoms with E-state index < -0.39 is 4.92 Å². The number of nitrogens with one attached hydrogen (secondary N) is 1. The maximum Gasteiger partial charge on any atom is 0.329 e. The largest absolute Gasteiger partial charge is 0.379 e. The van der Waals surface area contributed by atoms with Crippen LogP contribution in [0, 0.1) is 10.1 Å². The fraction of sp³-hybridized carbons (Fsp3) is 0.636. The van der Waals surface area contributed by atoms with Crippen molar-refractivity contribution in [1.82, 2.24) is 9.97 Å². The zero-order chi connectivity index (χ0) is 14.5. The molecule has 1 aromatic rings. The summed E-state index contributed by atoms with van der Waals surface area (Å²) in [5.41, 5.74) is 5.19. The normalized spacial score (nSPS) is 19.8. The second-order valence-electron chi connectivity index (χ2n) is 4.59. The SMILES string of the molecule is CC(COC1CCOC1)Nc1ncc([N+](=O)[O-])c(N)n1. The Labute approximate surface area is 115 Å². The van der Waals surface area contributed by atoms with Crippen LogP contribution >= 0.6 is 0 Å². The van der Waals surface area contributed by atoms with Gasteiger partial charge in [-0.2, -0.15) is 4.98 Å². The lowest BCUT2D eigenvalue weighted by atomic mass is 10.3. The summed E-state index contributed by atoms with van der Waals surface area (Å²) in [7, 11) is 0. The molecule has 0 bridgehead atoms. The molecule has 2 unspecified atom stereocenters. The Morgan fingerprint density at radius 2 is 2.55 bits per heavy atom. The Morgan fingerprint density at radius 1 is 1.75 bits per heavy atom. The van der Waals surface area contributed by atoms with Crippen LogP contribution < -0.4 is 11.1 Å². The van der Waals surface area contributed by atoms with Crippen molar-refractivity contribution in [2.75, 3.05) is 30.9 Å². The highest BCUT2D eigenvalue weighted by Crippen LogP contribution is 2.18. The molecule has 110 valence electrons. The van der Waals surface area contributed by atoms with Gasteiger partial charge in [0.1, 0.15) is 6.20 Å². The van der Waals surface area contributed by atoms with Crippen LogP contribution in [0.2, 0.25) is 0 Å². The molecule has 0 aliphatic carbocycles. The van der Waals surface area contributed by atoms with E-state index in [0.717, 1.165) is 19.2 Å². The average molecular weight is 283 g/mol. The monoisotopic (exact) mass is 283 g/mol.